The summed E-state index contributed by atoms with van der Waals surface area (Å²) in [5.74, 6) is -0.433. The number of hydrogen-bond acceptors (Lipinski definition) is 6. The number of nitrogens with zero attached hydrogens (tertiary/aromatic N) is 4. The number of amides is 2. The minimum absolute atomic E-state index is 0.00338. The largest absolute Gasteiger partial charge is 0.507 e. The Morgan fingerprint density at radius 2 is 1.92 bits per heavy atom. The molecule has 12 heteroatoms. The molecule has 0 unspecified atom stereocenters. The number of benzene rings is 1. The van der Waals surface area contributed by atoms with Crippen LogP contribution in [0, 0.1) is 5.82 Å². The number of sulfonamides is 1. The van der Waals surface area contributed by atoms with E-state index < -0.39 is 15.8 Å². The highest BCUT2D eigenvalue weighted by atomic mass is 32.2. The number of pyridine rings is 1. The number of halogens is 1. The molecule has 4 heterocycles. The first-order valence-corrected chi connectivity index (χ1v) is 14.4. The van der Waals surface area contributed by atoms with Crippen molar-refractivity contribution in [2.45, 2.75) is 6.42 Å². The number of phenolic OH excluding ortho intramolecular Hbond substituents is 1. The first kappa shape index (κ1) is 26.1. The average molecular weight is 543 g/mol. The number of fused-ring (bicyclic) bond motifs is 1. The van der Waals surface area contributed by atoms with Crippen molar-refractivity contribution < 1.29 is 22.7 Å². The maximum atomic E-state index is 13.9. The number of phenols is 1. The molecule has 2 aliphatic heterocycles. The van der Waals surface area contributed by atoms with Crippen molar-refractivity contribution in [3.63, 3.8) is 0 Å². The van der Waals surface area contributed by atoms with E-state index >= 15 is 0 Å². The van der Waals surface area contributed by atoms with Gasteiger partial charge in [-0.2, -0.15) is 4.31 Å². The Morgan fingerprint density at radius 3 is 2.63 bits per heavy atom. The molecule has 2 aliphatic rings. The number of H-pyrrole nitrogens is 1. The predicted octanol–water partition coefficient (Wildman–Crippen LogP) is 2.45. The van der Waals surface area contributed by atoms with Gasteiger partial charge in [0.25, 0.3) is 0 Å². The Morgan fingerprint density at radius 1 is 1.13 bits per heavy atom. The topological polar surface area (TPSA) is 122 Å². The van der Waals surface area contributed by atoms with E-state index in [1.54, 1.807) is 17.2 Å². The Bertz CT molecular complexity index is 1480. The molecule has 1 saturated heterocycles. The quantitative estimate of drug-likeness (QED) is 0.440. The summed E-state index contributed by atoms with van der Waals surface area (Å²) in [6, 6.07) is 7.44. The lowest BCUT2D eigenvalue weighted by molar-refractivity contribution is 0.181. The van der Waals surface area contributed by atoms with Gasteiger partial charge in [0, 0.05) is 75.2 Å². The van der Waals surface area contributed by atoms with Gasteiger partial charge in [0.2, 0.25) is 10.0 Å². The van der Waals surface area contributed by atoms with Crippen molar-refractivity contribution in [2.24, 2.45) is 0 Å². The number of carbonyl (C=O) groups excluding carboxylic acids is 1. The van der Waals surface area contributed by atoms with Gasteiger partial charge >= 0.3 is 6.03 Å². The van der Waals surface area contributed by atoms with Gasteiger partial charge < -0.3 is 20.3 Å². The van der Waals surface area contributed by atoms with Gasteiger partial charge in [0.15, 0.2) is 0 Å². The summed E-state index contributed by atoms with van der Waals surface area (Å²) in [6.45, 7) is 4.44. The van der Waals surface area contributed by atoms with Crippen LogP contribution in [0.15, 0.2) is 42.6 Å². The van der Waals surface area contributed by atoms with Crippen LogP contribution in [0.5, 0.6) is 5.75 Å². The average Bonchev–Trinajstić information content (AvgIpc) is 3.35. The molecule has 3 N–H and O–H groups in total. The lowest BCUT2D eigenvalue weighted by atomic mass is 10.0. The number of aromatic amines is 1. The summed E-state index contributed by atoms with van der Waals surface area (Å²) in [7, 11) is -3.15. The van der Waals surface area contributed by atoms with Crippen LogP contribution in [-0.4, -0.2) is 102 Å². The molecule has 5 rings (SSSR count). The molecule has 202 valence electrons. The molecule has 1 aromatic carbocycles. The molecule has 0 saturated carbocycles. The Balaban J connectivity index is 1.18. The lowest BCUT2D eigenvalue weighted by Crippen LogP contribution is -2.50. The Kier molecular flexibility index (Phi) is 7.37. The van der Waals surface area contributed by atoms with Crippen LogP contribution < -0.4 is 5.32 Å². The smallest absolute Gasteiger partial charge is 0.317 e. The van der Waals surface area contributed by atoms with Gasteiger partial charge in [-0.25, -0.2) is 22.6 Å². The molecule has 0 aliphatic carbocycles. The number of rotatable bonds is 6. The molecule has 10 nitrogen and oxygen atoms in total. The summed E-state index contributed by atoms with van der Waals surface area (Å²) in [5, 5.41) is 14.0. The van der Waals surface area contributed by atoms with Crippen LogP contribution in [0.1, 0.15) is 12.1 Å². The van der Waals surface area contributed by atoms with E-state index in [0.717, 1.165) is 16.7 Å². The fourth-order valence-electron chi connectivity index (χ4n) is 4.97. The van der Waals surface area contributed by atoms with Crippen molar-refractivity contribution in [3.8, 4) is 16.9 Å². The molecule has 0 spiro atoms. The minimum Gasteiger partial charge on any atom is -0.507 e. The second kappa shape index (κ2) is 10.7. The zero-order valence-corrected chi connectivity index (χ0v) is 22.0. The molecule has 2 amide bonds. The number of aromatic hydroxyl groups is 1. The van der Waals surface area contributed by atoms with Gasteiger partial charge in [-0.1, -0.05) is 6.08 Å². The highest BCUT2D eigenvalue weighted by Gasteiger charge is 2.24. The van der Waals surface area contributed by atoms with E-state index in [-0.39, 0.29) is 11.8 Å². The summed E-state index contributed by atoms with van der Waals surface area (Å²) in [4.78, 5) is 24.3. The molecular formula is C26H31FN6O4S. The number of aromatic nitrogens is 2. The zero-order valence-electron chi connectivity index (χ0n) is 21.2. The molecule has 2 aromatic heterocycles. The van der Waals surface area contributed by atoms with Crippen LogP contribution >= 0.6 is 0 Å². The third-order valence-electron chi connectivity index (χ3n) is 7.13. The molecule has 0 bridgehead atoms. The van der Waals surface area contributed by atoms with Crippen LogP contribution in [-0.2, 0) is 10.0 Å². The number of nitrogens with one attached hydrogen (secondary N) is 2. The van der Waals surface area contributed by atoms with E-state index in [1.807, 2.05) is 12.1 Å². The summed E-state index contributed by atoms with van der Waals surface area (Å²) >= 11 is 0. The predicted molar refractivity (Wildman–Crippen MR) is 144 cm³/mol. The van der Waals surface area contributed by atoms with Gasteiger partial charge in [-0.3, -0.25) is 4.90 Å². The molecule has 1 fully saturated rings. The number of urea groups is 1. The fourth-order valence-corrected chi connectivity index (χ4v) is 5.80. The molecular weight excluding hydrogens is 511 g/mol. The zero-order chi connectivity index (χ0) is 26.9. The molecule has 3 aromatic rings. The van der Waals surface area contributed by atoms with Crippen LogP contribution in [0.2, 0.25) is 0 Å². The number of carbonyl (C=O) groups is 1. The summed E-state index contributed by atoms with van der Waals surface area (Å²) in [6.07, 6.45) is 5.52. The van der Waals surface area contributed by atoms with Crippen LogP contribution in [0.25, 0.3) is 27.7 Å². The third-order valence-corrected chi connectivity index (χ3v) is 8.43. The first-order chi connectivity index (χ1) is 18.2. The third kappa shape index (κ3) is 5.66. The van der Waals surface area contributed by atoms with E-state index in [0.29, 0.717) is 75.6 Å². The first-order valence-electron chi connectivity index (χ1n) is 12.6. The van der Waals surface area contributed by atoms with E-state index in [1.165, 1.54) is 28.8 Å². The maximum Gasteiger partial charge on any atom is 0.317 e. The van der Waals surface area contributed by atoms with Crippen LogP contribution in [0.4, 0.5) is 9.18 Å². The van der Waals surface area contributed by atoms with E-state index in [9.17, 15) is 22.7 Å². The number of hydrogen-bond donors (Lipinski definition) is 3. The normalized spacial score (nSPS) is 17.5. The highest BCUT2D eigenvalue weighted by molar-refractivity contribution is 7.88. The SMILES string of the molecule is CS(=O)(=O)N1CCN(CCNC(=O)N2CC=C(c3cc4c(-c5cc(F)ccc5O)ccnc4[nH]3)CC2)CC1. The van der Waals surface area contributed by atoms with Gasteiger partial charge in [0.05, 0.1) is 6.26 Å². The Labute approximate surface area is 220 Å². The summed E-state index contributed by atoms with van der Waals surface area (Å²) in [5.41, 5.74) is 3.67. The van der Waals surface area contributed by atoms with Crippen molar-refractivity contribution in [2.75, 3.05) is 58.6 Å². The summed E-state index contributed by atoms with van der Waals surface area (Å²) < 4.78 is 38.6. The van der Waals surface area contributed by atoms with Crippen molar-refractivity contribution >= 4 is 32.7 Å². The van der Waals surface area contributed by atoms with Crippen LogP contribution in [0.3, 0.4) is 0 Å². The standard InChI is InChI=1S/C26H31FN6O4S/c1-38(36,37)33-14-12-31(13-15-33)11-8-29-26(35)32-9-5-18(6-10-32)23-17-22-20(4-7-28-25(22)30-23)21-16-19(27)2-3-24(21)34/h2-5,7,16-17,34H,6,8-15H2,1H3,(H,28,30)(H,29,35). The monoisotopic (exact) mass is 542 g/mol. The van der Waals surface area contributed by atoms with E-state index in [2.05, 4.69) is 20.2 Å². The maximum absolute atomic E-state index is 13.9. The van der Waals surface area contributed by atoms with Gasteiger partial charge in [-0.05, 0) is 47.9 Å². The highest BCUT2D eigenvalue weighted by Crippen LogP contribution is 2.36. The van der Waals surface area contributed by atoms with Crippen molar-refractivity contribution in [1.82, 2.24) is 29.4 Å². The second-order valence-electron chi connectivity index (χ2n) is 9.63. The molecule has 38 heavy (non-hydrogen) atoms. The Hall–Kier alpha value is -3.48. The minimum atomic E-state index is -3.15. The van der Waals surface area contributed by atoms with Gasteiger partial charge in [0.1, 0.15) is 17.2 Å². The lowest BCUT2D eigenvalue weighted by Gasteiger charge is -2.33. The molecule has 0 atom stereocenters. The fraction of sp³-hybridized carbons (Fsp3) is 0.385. The van der Waals surface area contributed by atoms with Crippen molar-refractivity contribution in [3.05, 3.63) is 54.1 Å². The van der Waals surface area contributed by atoms with E-state index in [4.69, 9.17) is 0 Å². The number of piperazine rings is 1. The van der Waals surface area contributed by atoms with Crippen molar-refractivity contribution in [1.29, 1.82) is 0 Å². The van der Waals surface area contributed by atoms with Gasteiger partial charge in [-0.15, -0.1) is 0 Å². The second-order valence-corrected chi connectivity index (χ2v) is 11.6. The molecule has 0 radical (unpaired) electrons.